The number of thioether (sulfide) groups is 1. The maximum Gasteiger partial charge on any atom is 0.316 e. The van der Waals surface area contributed by atoms with E-state index in [9.17, 15) is 4.79 Å². The topological polar surface area (TPSA) is 64.1 Å². The third-order valence-electron chi connectivity index (χ3n) is 5.25. The van der Waals surface area contributed by atoms with Crippen molar-refractivity contribution in [1.82, 2.24) is 10.2 Å². The lowest BCUT2D eigenvalue weighted by molar-refractivity contribution is -0.152. The van der Waals surface area contributed by atoms with Crippen molar-refractivity contribution in [3.63, 3.8) is 0 Å². The molecule has 0 bridgehead atoms. The fourth-order valence-corrected chi connectivity index (χ4v) is 5.22. The van der Waals surface area contributed by atoms with Gasteiger partial charge >= 0.3 is 5.97 Å². The number of esters is 1. The number of anilines is 1. The molecule has 3 atom stereocenters. The zero-order valence-corrected chi connectivity index (χ0v) is 18.4. The smallest absolute Gasteiger partial charge is 0.316 e. The zero-order valence-electron chi connectivity index (χ0n) is 16.8. The molecule has 0 unspecified atom stereocenters. The molecule has 0 saturated heterocycles. The molecule has 7 heteroatoms. The van der Waals surface area contributed by atoms with Crippen molar-refractivity contribution in [3.8, 4) is 0 Å². The Morgan fingerprint density at radius 1 is 1.29 bits per heavy atom. The van der Waals surface area contributed by atoms with Crippen LogP contribution in [0.4, 0.5) is 5.13 Å². The Kier molecular flexibility index (Phi) is 7.73. The number of carbonyl (C=O) groups is 1. The lowest BCUT2D eigenvalue weighted by Gasteiger charge is -2.36. The van der Waals surface area contributed by atoms with Crippen LogP contribution in [0.3, 0.4) is 0 Å². The Balaban J connectivity index is 1.45. The van der Waals surface area contributed by atoms with Crippen molar-refractivity contribution in [2.75, 3.05) is 11.1 Å². The standard InChI is InChI=1S/C21H29N3O2S2/c1-14(2)17-10-9-15(3)11-18(17)26-19(25)13-27-21-24-23-20(28-21)22-12-16-7-5-4-6-8-16/h4-8,14-15,17-18H,9-13H2,1-3H3,(H,22,23)/t15-,17+,18-/m1/s1. The summed E-state index contributed by atoms with van der Waals surface area (Å²) in [6, 6.07) is 10.2. The third-order valence-corrected chi connectivity index (χ3v) is 7.24. The van der Waals surface area contributed by atoms with Crippen molar-refractivity contribution < 1.29 is 9.53 Å². The minimum Gasteiger partial charge on any atom is -0.461 e. The van der Waals surface area contributed by atoms with Crippen LogP contribution in [0.25, 0.3) is 0 Å². The van der Waals surface area contributed by atoms with Crippen LogP contribution in [0.15, 0.2) is 34.7 Å². The summed E-state index contributed by atoms with van der Waals surface area (Å²) >= 11 is 2.87. The molecular weight excluding hydrogens is 390 g/mol. The van der Waals surface area contributed by atoms with Crippen LogP contribution in [0.1, 0.15) is 45.6 Å². The maximum atomic E-state index is 12.4. The van der Waals surface area contributed by atoms with Gasteiger partial charge in [-0.15, -0.1) is 10.2 Å². The number of carbonyl (C=O) groups excluding carboxylic acids is 1. The summed E-state index contributed by atoms with van der Waals surface area (Å²) in [4.78, 5) is 12.4. The molecule has 0 amide bonds. The van der Waals surface area contributed by atoms with E-state index in [0.29, 0.717) is 24.3 Å². The van der Waals surface area contributed by atoms with Crippen molar-refractivity contribution in [1.29, 1.82) is 0 Å². The highest BCUT2D eigenvalue weighted by Crippen LogP contribution is 2.35. The number of benzene rings is 1. The van der Waals surface area contributed by atoms with Crippen LogP contribution in [-0.4, -0.2) is 28.0 Å². The first-order valence-electron chi connectivity index (χ1n) is 9.95. The molecule has 5 nitrogen and oxygen atoms in total. The molecule has 1 aromatic heterocycles. The Morgan fingerprint density at radius 2 is 2.07 bits per heavy atom. The predicted octanol–water partition coefficient (Wildman–Crippen LogP) is 5.25. The fourth-order valence-electron chi connectivity index (χ4n) is 3.69. The van der Waals surface area contributed by atoms with Crippen molar-refractivity contribution in [2.45, 2.75) is 57.0 Å². The largest absolute Gasteiger partial charge is 0.461 e. The Hall–Kier alpha value is -1.60. The first kappa shape index (κ1) is 21.1. The monoisotopic (exact) mass is 419 g/mol. The Labute approximate surface area is 175 Å². The van der Waals surface area contributed by atoms with E-state index in [1.54, 1.807) is 0 Å². The van der Waals surface area contributed by atoms with Crippen LogP contribution in [-0.2, 0) is 16.1 Å². The molecule has 1 heterocycles. The van der Waals surface area contributed by atoms with Crippen molar-refractivity contribution in [3.05, 3.63) is 35.9 Å². The van der Waals surface area contributed by atoms with E-state index in [-0.39, 0.29) is 17.8 Å². The van der Waals surface area contributed by atoms with Gasteiger partial charge in [-0.1, -0.05) is 80.6 Å². The highest BCUT2D eigenvalue weighted by atomic mass is 32.2. The van der Waals surface area contributed by atoms with E-state index in [4.69, 9.17) is 4.74 Å². The molecule has 0 spiro atoms. The summed E-state index contributed by atoms with van der Waals surface area (Å²) in [6.07, 6.45) is 3.41. The van der Waals surface area contributed by atoms with Gasteiger partial charge in [0.05, 0.1) is 5.75 Å². The summed E-state index contributed by atoms with van der Waals surface area (Å²) in [6.45, 7) is 7.40. The molecule has 1 aliphatic rings. The van der Waals surface area contributed by atoms with Gasteiger partial charge in [-0.2, -0.15) is 0 Å². The number of hydrogen-bond acceptors (Lipinski definition) is 7. The van der Waals surface area contributed by atoms with Crippen LogP contribution < -0.4 is 5.32 Å². The number of nitrogens with one attached hydrogen (secondary N) is 1. The van der Waals surface area contributed by atoms with Crippen LogP contribution in [0.5, 0.6) is 0 Å². The fraction of sp³-hybridized carbons (Fsp3) is 0.571. The van der Waals surface area contributed by atoms with E-state index in [1.165, 1.54) is 35.1 Å². The van der Waals surface area contributed by atoms with Crippen LogP contribution in [0.2, 0.25) is 0 Å². The number of aromatic nitrogens is 2. The summed E-state index contributed by atoms with van der Waals surface area (Å²) in [5.74, 6) is 1.77. The number of rotatable bonds is 8. The average Bonchev–Trinajstić information content (AvgIpc) is 3.13. The van der Waals surface area contributed by atoms with E-state index in [2.05, 4.69) is 48.4 Å². The molecule has 28 heavy (non-hydrogen) atoms. The Bertz CT molecular complexity index is 751. The molecule has 152 valence electrons. The van der Waals surface area contributed by atoms with Gasteiger partial charge in [-0.25, -0.2) is 0 Å². The second kappa shape index (κ2) is 10.3. The second-order valence-electron chi connectivity index (χ2n) is 7.86. The molecule has 1 aliphatic carbocycles. The summed E-state index contributed by atoms with van der Waals surface area (Å²) in [5, 5.41) is 12.4. The Morgan fingerprint density at radius 3 is 2.82 bits per heavy atom. The number of hydrogen-bond donors (Lipinski definition) is 1. The van der Waals surface area contributed by atoms with Gasteiger partial charge in [0.15, 0.2) is 4.34 Å². The molecule has 1 fully saturated rings. The summed E-state index contributed by atoms with van der Waals surface area (Å²) in [7, 11) is 0. The molecule has 3 rings (SSSR count). The van der Waals surface area contributed by atoms with Crippen LogP contribution >= 0.6 is 23.1 Å². The molecule has 1 N–H and O–H groups in total. The first-order chi connectivity index (χ1) is 13.5. The predicted molar refractivity (Wildman–Crippen MR) is 116 cm³/mol. The molecule has 1 saturated carbocycles. The minimum atomic E-state index is -0.149. The SMILES string of the molecule is CC(C)[C@@H]1CC[C@@H](C)C[C@H]1OC(=O)CSc1nnc(NCc2ccccc2)s1. The van der Waals surface area contributed by atoms with Gasteiger partial charge in [-0.05, 0) is 36.2 Å². The zero-order chi connectivity index (χ0) is 19.9. The molecular formula is C21H29N3O2S2. The highest BCUT2D eigenvalue weighted by molar-refractivity contribution is 8.01. The van der Waals surface area contributed by atoms with Gasteiger partial charge in [0.1, 0.15) is 6.10 Å². The van der Waals surface area contributed by atoms with Crippen molar-refractivity contribution in [2.24, 2.45) is 17.8 Å². The summed E-state index contributed by atoms with van der Waals surface area (Å²) in [5.41, 5.74) is 1.19. The van der Waals surface area contributed by atoms with E-state index in [0.717, 1.165) is 22.3 Å². The lowest BCUT2D eigenvalue weighted by Crippen LogP contribution is -2.36. The average molecular weight is 420 g/mol. The van der Waals surface area contributed by atoms with E-state index < -0.39 is 0 Å². The molecule has 0 radical (unpaired) electrons. The number of nitrogens with zero attached hydrogens (tertiary/aromatic N) is 2. The van der Waals surface area contributed by atoms with Gasteiger partial charge in [0.25, 0.3) is 0 Å². The van der Waals surface area contributed by atoms with Crippen molar-refractivity contribution >= 4 is 34.2 Å². The van der Waals surface area contributed by atoms with E-state index in [1.807, 2.05) is 18.2 Å². The van der Waals surface area contributed by atoms with E-state index >= 15 is 0 Å². The van der Waals surface area contributed by atoms with Gasteiger partial charge in [-0.3, -0.25) is 4.79 Å². The molecule has 2 aromatic rings. The van der Waals surface area contributed by atoms with Gasteiger partial charge in [0.2, 0.25) is 5.13 Å². The minimum absolute atomic E-state index is 0.0503. The molecule has 0 aliphatic heterocycles. The second-order valence-corrected chi connectivity index (χ2v) is 10.1. The quantitative estimate of drug-likeness (QED) is 0.466. The maximum absolute atomic E-state index is 12.4. The third kappa shape index (κ3) is 6.21. The number of ether oxygens (including phenoxy) is 1. The van der Waals surface area contributed by atoms with Gasteiger partial charge < -0.3 is 10.1 Å². The molecule has 1 aromatic carbocycles. The lowest BCUT2D eigenvalue weighted by atomic mass is 9.75. The first-order valence-corrected chi connectivity index (χ1v) is 11.7. The normalized spacial score (nSPS) is 22.2. The summed E-state index contributed by atoms with van der Waals surface area (Å²) < 4.78 is 6.63. The van der Waals surface area contributed by atoms with Crippen LogP contribution in [0, 0.1) is 17.8 Å². The van der Waals surface area contributed by atoms with Gasteiger partial charge in [0, 0.05) is 6.54 Å². The highest BCUT2D eigenvalue weighted by Gasteiger charge is 2.33.